The second-order valence-corrected chi connectivity index (χ2v) is 5.82. The molecule has 2 atom stereocenters. The summed E-state index contributed by atoms with van der Waals surface area (Å²) in [5.74, 6) is 0. The zero-order valence-corrected chi connectivity index (χ0v) is 13.1. The van der Waals surface area contributed by atoms with Crippen molar-refractivity contribution in [2.45, 2.75) is 45.9 Å². The molecular formula is C17H28N2O. The van der Waals surface area contributed by atoms with Crippen molar-refractivity contribution in [3.63, 3.8) is 0 Å². The fraction of sp³-hybridized carbons (Fsp3) is 0.647. The van der Waals surface area contributed by atoms with Crippen LogP contribution >= 0.6 is 0 Å². The van der Waals surface area contributed by atoms with Crippen LogP contribution in [0.2, 0.25) is 0 Å². The molecule has 1 aromatic carbocycles. The third-order valence-corrected chi connectivity index (χ3v) is 3.83. The summed E-state index contributed by atoms with van der Waals surface area (Å²) >= 11 is 0. The highest BCUT2D eigenvalue weighted by Gasteiger charge is 2.22. The van der Waals surface area contributed by atoms with Gasteiger partial charge in [-0.15, -0.1) is 0 Å². The Morgan fingerprint density at radius 3 is 2.45 bits per heavy atom. The molecule has 0 amide bonds. The first kappa shape index (κ1) is 15.5. The van der Waals surface area contributed by atoms with E-state index in [2.05, 4.69) is 55.3 Å². The summed E-state index contributed by atoms with van der Waals surface area (Å²) in [4.78, 5) is 2.52. The molecule has 112 valence electrons. The van der Waals surface area contributed by atoms with Gasteiger partial charge in [0, 0.05) is 19.6 Å². The van der Waals surface area contributed by atoms with Gasteiger partial charge in [-0.1, -0.05) is 31.2 Å². The molecule has 1 heterocycles. The number of likely N-dealkylation sites (N-methyl/N-ethyl adjacent to an activating group) is 1. The lowest BCUT2D eigenvalue weighted by atomic mass is 10.0. The lowest BCUT2D eigenvalue weighted by molar-refractivity contribution is -0.0705. The van der Waals surface area contributed by atoms with E-state index in [-0.39, 0.29) is 0 Å². The summed E-state index contributed by atoms with van der Waals surface area (Å²) < 4.78 is 5.81. The summed E-state index contributed by atoms with van der Waals surface area (Å²) in [6, 6.07) is 8.83. The van der Waals surface area contributed by atoms with Gasteiger partial charge in [-0.25, -0.2) is 0 Å². The third kappa shape index (κ3) is 4.58. The zero-order valence-electron chi connectivity index (χ0n) is 13.1. The predicted octanol–water partition coefficient (Wildman–Crippen LogP) is 2.45. The van der Waals surface area contributed by atoms with Gasteiger partial charge in [0.05, 0.1) is 12.2 Å². The first-order chi connectivity index (χ1) is 9.69. The Kier molecular flexibility index (Phi) is 6.02. The second-order valence-electron chi connectivity index (χ2n) is 5.82. The van der Waals surface area contributed by atoms with Gasteiger partial charge in [0.25, 0.3) is 0 Å². The summed E-state index contributed by atoms with van der Waals surface area (Å²) in [5.41, 5.74) is 2.94. The Morgan fingerprint density at radius 2 is 1.80 bits per heavy atom. The molecule has 1 saturated heterocycles. The molecule has 0 aromatic heterocycles. The molecule has 1 fully saturated rings. The summed E-state index contributed by atoms with van der Waals surface area (Å²) in [6.07, 6.45) is 1.79. The maximum Gasteiger partial charge on any atom is 0.0678 e. The highest BCUT2D eigenvalue weighted by molar-refractivity contribution is 5.27. The highest BCUT2D eigenvalue weighted by atomic mass is 16.5. The van der Waals surface area contributed by atoms with E-state index in [9.17, 15) is 0 Å². The van der Waals surface area contributed by atoms with Crippen molar-refractivity contribution in [2.75, 3.05) is 26.2 Å². The topological polar surface area (TPSA) is 24.5 Å². The monoisotopic (exact) mass is 276 g/mol. The molecule has 2 rings (SSSR count). The van der Waals surface area contributed by atoms with Gasteiger partial charge in [-0.3, -0.25) is 4.90 Å². The maximum atomic E-state index is 5.81. The largest absolute Gasteiger partial charge is 0.373 e. The average Bonchev–Trinajstić information content (AvgIpc) is 2.40. The molecule has 3 nitrogen and oxygen atoms in total. The molecule has 0 radical (unpaired) electrons. The number of hydrogen-bond donors (Lipinski definition) is 1. The average molecular weight is 276 g/mol. The van der Waals surface area contributed by atoms with Crippen molar-refractivity contribution in [3.8, 4) is 0 Å². The zero-order chi connectivity index (χ0) is 14.4. The fourth-order valence-electron chi connectivity index (χ4n) is 3.01. The lowest BCUT2D eigenvalue weighted by Gasteiger charge is -2.35. The van der Waals surface area contributed by atoms with Crippen LogP contribution in [0, 0.1) is 0 Å². The molecule has 1 aromatic rings. The van der Waals surface area contributed by atoms with Gasteiger partial charge in [0.15, 0.2) is 0 Å². The Labute approximate surface area is 123 Å². The Balaban J connectivity index is 1.97. The van der Waals surface area contributed by atoms with E-state index in [0.717, 1.165) is 39.1 Å². The van der Waals surface area contributed by atoms with Gasteiger partial charge in [0.2, 0.25) is 0 Å². The van der Waals surface area contributed by atoms with Crippen LogP contribution in [0.5, 0.6) is 0 Å². The second kappa shape index (κ2) is 7.77. The highest BCUT2D eigenvalue weighted by Crippen LogP contribution is 2.17. The van der Waals surface area contributed by atoms with Crippen molar-refractivity contribution in [1.29, 1.82) is 0 Å². The standard InChI is InChI=1S/C17H28N2O/c1-4-18-10-9-16-7-5-6-8-17(16)13-19-11-14(2)20-15(3)12-19/h5-8,14-15,18H,4,9-13H2,1-3H3. The smallest absolute Gasteiger partial charge is 0.0678 e. The SMILES string of the molecule is CCNCCc1ccccc1CN1CC(C)OC(C)C1. The van der Waals surface area contributed by atoms with Gasteiger partial charge >= 0.3 is 0 Å². The van der Waals surface area contributed by atoms with Crippen LogP contribution in [-0.4, -0.2) is 43.3 Å². The molecule has 0 saturated carbocycles. The van der Waals surface area contributed by atoms with Crippen molar-refractivity contribution >= 4 is 0 Å². The molecule has 3 heteroatoms. The molecular weight excluding hydrogens is 248 g/mol. The van der Waals surface area contributed by atoms with E-state index in [1.54, 1.807) is 0 Å². The summed E-state index contributed by atoms with van der Waals surface area (Å²) in [6.45, 7) is 11.7. The number of benzene rings is 1. The van der Waals surface area contributed by atoms with E-state index in [1.165, 1.54) is 11.1 Å². The number of rotatable bonds is 6. The molecule has 2 unspecified atom stereocenters. The van der Waals surface area contributed by atoms with Crippen molar-refractivity contribution in [2.24, 2.45) is 0 Å². The first-order valence-electron chi connectivity index (χ1n) is 7.84. The van der Waals surface area contributed by atoms with Gasteiger partial charge < -0.3 is 10.1 Å². The molecule has 1 aliphatic heterocycles. The van der Waals surface area contributed by atoms with Crippen LogP contribution in [0.15, 0.2) is 24.3 Å². The fourth-order valence-corrected chi connectivity index (χ4v) is 3.01. The van der Waals surface area contributed by atoms with Crippen LogP contribution in [0.25, 0.3) is 0 Å². The molecule has 0 aliphatic carbocycles. The normalized spacial score (nSPS) is 23.9. The van der Waals surface area contributed by atoms with Crippen LogP contribution in [0.1, 0.15) is 31.9 Å². The van der Waals surface area contributed by atoms with E-state index >= 15 is 0 Å². The van der Waals surface area contributed by atoms with E-state index in [1.807, 2.05) is 0 Å². The maximum absolute atomic E-state index is 5.81. The first-order valence-corrected chi connectivity index (χ1v) is 7.84. The predicted molar refractivity (Wildman–Crippen MR) is 84.0 cm³/mol. The molecule has 0 spiro atoms. The Morgan fingerprint density at radius 1 is 1.15 bits per heavy atom. The van der Waals surface area contributed by atoms with Gasteiger partial charge in [0.1, 0.15) is 0 Å². The number of nitrogens with zero attached hydrogens (tertiary/aromatic N) is 1. The van der Waals surface area contributed by atoms with Crippen LogP contribution < -0.4 is 5.32 Å². The summed E-state index contributed by atoms with van der Waals surface area (Å²) in [7, 11) is 0. The van der Waals surface area contributed by atoms with Crippen LogP contribution in [0.4, 0.5) is 0 Å². The van der Waals surface area contributed by atoms with Crippen LogP contribution in [-0.2, 0) is 17.7 Å². The molecule has 20 heavy (non-hydrogen) atoms. The minimum atomic E-state index is 0.340. The van der Waals surface area contributed by atoms with Crippen molar-refractivity contribution in [3.05, 3.63) is 35.4 Å². The number of nitrogens with one attached hydrogen (secondary N) is 1. The number of hydrogen-bond acceptors (Lipinski definition) is 3. The molecule has 1 aliphatic rings. The van der Waals surface area contributed by atoms with E-state index < -0.39 is 0 Å². The minimum absolute atomic E-state index is 0.340. The molecule has 1 N–H and O–H groups in total. The third-order valence-electron chi connectivity index (χ3n) is 3.83. The van der Waals surface area contributed by atoms with Gasteiger partial charge in [-0.05, 0) is 44.5 Å². The van der Waals surface area contributed by atoms with Crippen molar-refractivity contribution < 1.29 is 4.74 Å². The molecule has 0 bridgehead atoms. The minimum Gasteiger partial charge on any atom is -0.373 e. The van der Waals surface area contributed by atoms with Crippen LogP contribution in [0.3, 0.4) is 0 Å². The van der Waals surface area contributed by atoms with Gasteiger partial charge in [-0.2, -0.15) is 0 Å². The van der Waals surface area contributed by atoms with E-state index in [4.69, 9.17) is 4.74 Å². The Hall–Kier alpha value is -0.900. The number of morpholine rings is 1. The Bertz CT molecular complexity index is 398. The quantitative estimate of drug-likeness (QED) is 0.808. The summed E-state index contributed by atoms with van der Waals surface area (Å²) in [5, 5.41) is 3.41. The lowest BCUT2D eigenvalue weighted by Crippen LogP contribution is -2.44. The van der Waals surface area contributed by atoms with Crippen molar-refractivity contribution in [1.82, 2.24) is 10.2 Å². The number of ether oxygens (including phenoxy) is 1. The van der Waals surface area contributed by atoms with E-state index in [0.29, 0.717) is 12.2 Å².